The van der Waals surface area contributed by atoms with E-state index in [0.29, 0.717) is 34.4 Å². The molecule has 0 saturated carbocycles. The zero-order valence-electron chi connectivity index (χ0n) is 20.3. The summed E-state index contributed by atoms with van der Waals surface area (Å²) in [7, 11) is 1.67. The topological polar surface area (TPSA) is 71.5 Å². The van der Waals surface area contributed by atoms with E-state index < -0.39 is 0 Å². The minimum absolute atomic E-state index is 0.00143. The number of hydrogen-bond acceptors (Lipinski definition) is 4. The summed E-state index contributed by atoms with van der Waals surface area (Å²) in [6.07, 6.45) is 4.33. The number of carbonyl (C=O) groups is 2. The lowest BCUT2D eigenvalue weighted by Crippen LogP contribution is -2.32. The largest absolute Gasteiger partial charge is 0.497 e. The van der Waals surface area contributed by atoms with Crippen molar-refractivity contribution in [3.8, 4) is 5.75 Å². The first-order valence-electron chi connectivity index (χ1n) is 11.8. The van der Waals surface area contributed by atoms with Gasteiger partial charge in [-0.2, -0.15) is 0 Å². The monoisotopic (exact) mass is 491 g/mol. The van der Waals surface area contributed by atoms with Crippen molar-refractivity contribution in [3.05, 3.63) is 87.7 Å². The standard InChI is InChI=1S/C28H30ClN3O3/c1-18-15-19(2)25(31-27(33)22-8-11-26(29)30-17-22)16-24(18)28(34)32-13-4-5-20(12-14-32)21-6-9-23(35-3)10-7-21/h6-11,15-17,20H,4-5,12-14H2,1-3H3,(H,31,33). The van der Waals surface area contributed by atoms with Gasteiger partial charge in [-0.15, -0.1) is 0 Å². The first-order valence-corrected chi connectivity index (χ1v) is 12.2. The molecule has 1 N–H and O–H groups in total. The Morgan fingerprint density at radius 3 is 2.49 bits per heavy atom. The molecule has 1 fully saturated rings. The van der Waals surface area contributed by atoms with Crippen LogP contribution in [0.1, 0.15) is 62.6 Å². The fraction of sp³-hybridized carbons (Fsp3) is 0.321. The van der Waals surface area contributed by atoms with Crippen molar-refractivity contribution in [2.24, 2.45) is 0 Å². The van der Waals surface area contributed by atoms with Crippen LogP contribution in [0.3, 0.4) is 0 Å². The van der Waals surface area contributed by atoms with Gasteiger partial charge in [0.25, 0.3) is 11.8 Å². The van der Waals surface area contributed by atoms with Crippen LogP contribution in [-0.4, -0.2) is 41.9 Å². The van der Waals surface area contributed by atoms with Gasteiger partial charge in [-0.25, -0.2) is 4.98 Å². The van der Waals surface area contributed by atoms with E-state index >= 15 is 0 Å². The highest BCUT2D eigenvalue weighted by Gasteiger charge is 2.24. The fourth-order valence-electron chi connectivity index (χ4n) is 4.60. The quantitative estimate of drug-likeness (QED) is 0.443. The van der Waals surface area contributed by atoms with E-state index in [1.54, 1.807) is 25.3 Å². The van der Waals surface area contributed by atoms with Crippen LogP contribution in [0, 0.1) is 13.8 Å². The molecule has 4 rings (SSSR count). The molecule has 2 heterocycles. The van der Waals surface area contributed by atoms with Gasteiger partial charge in [0.05, 0.1) is 12.7 Å². The molecule has 1 saturated heterocycles. The molecule has 0 radical (unpaired) electrons. The zero-order chi connectivity index (χ0) is 24.9. The smallest absolute Gasteiger partial charge is 0.257 e. The van der Waals surface area contributed by atoms with Gasteiger partial charge in [0.15, 0.2) is 0 Å². The predicted octanol–water partition coefficient (Wildman–Crippen LogP) is 6.02. The number of aryl methyl sites for hydroxylation is 2. The van der Waals surface area contributed by atoms with Gasteiger partial charge >= 0.3 is 0 Å². The molecule has 3 aromatic rings. The molecule has 1 atom stereocenters. The van der Waals surface area contributed by atoms with E-state index in [4.69, 9.17) is 16.3 Å². The normalized spacial score (nSPS) is 15.9. The Morgan fingerprint density at radius 2 is 1.80 bits per heavy atom. The molecular formula is C28H30ClN3O3. The maximum atomic E-state index is 13.5. The molecule has 182 valence electrons. The number of anilines is 1. The van der Waals surface area contributed by atoms with Crippen LogP contribution in [0.15, 0.2) is 54.7 Å². The summed E-state index contributed by atoms with van der Waals surface area (Å²) < 4.78 is 5.27. The molecule has 0 aliphatic carbocycles. The third-order valence-corrected chi connectivity index (χ3v) is 6.87. The van der Waals surface area contributed by atoms with Crippen molar-refractivity contribution in [1.82, 2.24) is 9.88 Å². The number of pyridine rings is 1. The third kappa shape index (κ3) is 5.82. The number of methoxy groups -OCH3 is 1. The van der Waals surface area contributed by atoms with E-state index in [-0.39, 0.29) is 11.8 Å². The average Bonchev–Trinajstić information content (AvgIpc) is 3.12. The van der Waals surface area contributed by atoms with Crippen LogP contribution >= 0.6 is 11.6 Å². The van der Waals surface area contributed by atoms with Gasteiger partial charge in [-0.05, 0) is 86.1 Å². The van der Waals surface area contributed by atoms with E-state index in [1.165, 1.54) is 11.8 Å². The van der Waals surface area contributed by atoms with Crippen molar-refractivity contribution in [2.75, 3.05) is 25.5 Å². The highest BCUT2D eigenvalue weighted by atomic mass is 35.5. The number of benzene rings is 2. The maximum Gasteiger partial charge on any atom is 0.257 e. The summed E-state index contributed by atoms with van der Waals surface area (Å²) in [5.41, 5.74) is 4.71. The van der Waals surface area contributed by atoms with E-state index in [9.17, 15) is 9.59 Å². The van der Waals surface area contributed by atoms with Crippen molar-refractivity contribution in [1.29, 1.82) is 0 Å². The predicted molar refractivity (Wildman–Crippen MR) is 139 cm³/mol. The van der Waals surface area contributed by atoms with Crippen LogP contribution in [0.5, 0.6) is 5.75 Å². The van der Waals surface area contributed by atoms with Gasteiger partial charge in [0.1, 0.15) is 10.9 Å². The summed E-state index contributed by atoms with van der Waals surface area (Å²) >= 11 is 5.83. The highest BCUT2D eigenvalue weighted by molar-refractivity contribution is 6.29. The average molecular weight is 492 g/mol. The van der Waals surface area contributed by atoms with Crippen molar-refractivity contribution >= 4 is 29.1 Å². The third-order valence-electron chi connectivity index (χ3n) is 6.64. The number of likely N-dealkylation sites (tertiary alicyclic amines) is 1. The van der Waals surface area contributed by atoms with E-state index in [1.807, 2.05) is 36.9 Å². The number of halogens is 1. The molecule has 6 nitrogen and oxygen atoms in total. The van der Waals surface area contributed by atoms with Crippen molar-refractivity contribution in [3.63, 3.8) is 0 Å². The maximum absolute atomic E-state index is 13.5. The van der Waals surface area contributed by atoms with Crippen molar-refractivity contribution in [2.45, 2.75) is 39.0 Å². The summed E-state index contributed by atoms with van der Waals surface area (Å²) in [6.45, 7) is 5.27. The molecule has 35 heavy (non-hydrogen) atoms. The molecule has 1 aliphatic heterocycles. The molecule has 1 aliphatic rings. The van der Waals surface area contributed by atoms with Crippen LogP contribution in [0.4, 0.5) is 5.69 Å². The minimum Gasteiger partial charge on any atom is -0.497 e. The van der Waals surface area contributed by atoms with Crippen LogP contribution < -0.4 is 10.1 Å². The number of carbonyl (C=O) groups excluding carboxylic acids is 2. The van der Waals surface area contributed by atoms with Gasteiger partial charge in [-0.3, -0.25) is 9.59 Å². The Bertz CT molecular complexity index is 1210. The summed E-state index contributed by atoms with van der Waals surface area (Å²) in [5.74, 6) is 0.975. The summed E-state index contributed by atoms with van der Waals surface area (Å²) in [4.78, 5) is 32.1. The second-order valence-electron chi connectivity index (χ2n) is 9.00. The first-order chi connectivity index (χ1) is 16.9. The number of hydrogen-bond donors (Lipinski definition) is 1. The Hall–Kier alpha value is -3.38. The second-order valence-corrected chi connectivity index (χ2v) is 9.39. The van der Waals surface area contributed by atoms with Gasteiger partial charge in [0.2, 0.25) is 0 Å². The van der Waals surface area contributed by atoms with E-state index in [0.717, 1.165) is 42.7 Å². The minimum atomic E-state index is -0.295. The second kappa shape index (κ2) is 10.9. The molecule has 1 aromatic heterocycles. The number of nitrogens with zero attached hydrogens (tertiary/aromatic N) is 2. The van der Waals surface area contributed by atoms with Crippen LogP contribution in [0.25, 0.3) is 0 Å². The lowest BCUT2D eigenvalue weighted by atomic mass is 9.92. The Balaban J connectivity index is 1.48. The number of amides is 2. The molecule has 2 aromatic carbocycles. The Kier molecular flexibility index (Phi) is 7.71. The summed E-state index contributed by atoms with van der Waals surface area (Å²) in [6, 6.07) is 15.2. The number of aromatic nitrogens is 1. The summed E-state index contributed by atoms with van der Waals surface area (Å²) in [5, 5.41) is 3.25. The Morgan fingerprint density at radius 1 is 1.03 bits per heavy atom. The van der Waals surface area contributed by atoms with Gasteiger partial charge in [-0.1, -0.05) is 29.8 Å². The first kappa shape index (κ1) is 24.7. The van der Waals surface area contributed by atoms with Gasteiger partial charge in [0, 0.05) is 30.5 Å². The molecule has 0 bridgehead atoms. The highest BCUT2D eigenvalue weighted by Crippen LogP contribution is 2.30. The SMILES string of the molecule is COc1ccc(C2CCCN(C(=O)c3cc(NC(=O)c4ccc(Cl)nc4)c(C)cc3C)CC2)cc1. The van der Waals surface area contributed by atoms with Crippen molar-refractivity contribution < 1.29 is 14.3 Å². The molecule has 0 spiro atoms. The van der Waals surface area contributed by atoms with Crippen LogP contribution in [-0.2, 0) is 0 Å². The zero-order valence-corrected chi connectivity index (χ0v) is 21.1. The van der Waals surface area contributed by atoms with Crippen LogP contribution in [0.2, 0.25) is 5.15 Å². The lowest BCUT2D eigenvalue weighted by molar-refractivity contribution is 0.0760. The fourth-order valence-corrected chi connectivity index (χ4v) is 4.71. The number of nitrogens with one attached hydrogen (secondary N) is 1. The molecule has 1 unspecified atom stereocenters. The molecular weight excluding hydrogens is 462 g/mol. The molecule has 7 heteroatoms. The lowest BCUT2D eigenvalue weighted by Gasteiger charge is -2.23. The number of rotatable bonds is 5. The molecule has 2 amide bonds. The van der Waals surface area contributed by atoms with E-state index in [2.05, 4.69) is 22.4 Å². The number of ether oxygens (including phenoxy) is 1. The van der Waals surface area contributed by atoms with Gasteiger partial charge < -0.3 is 15.0 Å². The Labute approximate surface area is 211 Å².